The van der Waals surface area contributed by atoms with Crippen molar-refractivity contribution < 1.29 is 13.5 Å². The second-order valence-corrected chi connectivity index (χ2v) is 7.62. The molecule has 1 atom stereocenters. The Morgan fingerprint density at radius 3 is 2.37 bits per heavy atom. The van der Waals surface area contributed by atoms with Crippen molar-refractivity contribution in [1.82, 2.24) is 4.72 Å². The molecular formula is C14H23NO3S. The van der Waals surface area contributed by atoms with E-state index in [4.69, 9.17) is 5.11 Å². The molecule has 0 aliphatic heterocycles. The average molecular weight is 285 g/mol. The number of aliphatic hydroxyl groups is 1. The summed E-state index contributed by atoms with van der Waals surface area (Å²) in [7, 11) is -3.60. The Balaban J connectivity index is 3.26. The lowest BCUT2D eigenvalue weighted by Gasteiger charge is -2.21. The van der Waals surface area contributed by atoms with Gasteiger partial charge in [-0.1, -0.05) is 32.9 Å². The largest absolute Gasteiger partial charge is 0.395 e. The summed E-state index contributed by atoms with van der Waals surface area (Å²) < 4.78 is 27.0. The van der Waals surface area contributed by atoms with Crippen LogP contribution in [0.3, 0.4) is 0 Å². The highest BCUT2D eigenvalue weighted by Gasteiger charge is 2.22. The van der Waals surface area contributed by atoms with Gasteiger partial charge in [-0.15, -0.1) is 0 Å². The van der Waals surface area contributed by atoms with E-state index in [9.17, 15) is 8.42 Å². The summed E-state index contributed by atoms with van der Waals surface area (Å²) in [6, 6.07) is 4.98. The number of aryl methyl sites for hydroxylation is 1. The van der Waals surface area contributed by atoms with E-state index < -0.39 is 16.1 Å². The number of hydrogen-bond acceptors (Lipinski definition) is 3. The molecule has 19 heavy (non-hydrogen) atoms. The predicted octanol–water partition coefficient (Wildman–Crippen LogP) is 1.95. The van der Waals surface area contributed by atoms with Gasteiger partial charge >= 0.3 is 0 Å². The molecule has 0 heterocycles. The van der Waals surface area contributed by atoms with Crippen LogP contribution in [0.25, 0.3) is 0 Å². The predicted molar refractivity (Wildman–Crippen MR) is 76.7 cm³/mol. The molecule has 0 saturated carbocycles. The minimum Gasteiger partial charge on any atom is -0.395 e. The first-order chi connectivity index (χ1) is 8.58. The van der Waals surface area contributed by atoms with E-state index in [2.05, 4.69) is 4.72 Å². The van der Waals surface area contributed by atoms with E-state index in [0.29, 0.717) is 5.56 Å². The van der Waals surface area contributed by atoms with Crippen LogP contribution in [0.15, 0.2) is 23.1 Å². The zero-order valence-corrected chi connectivity index (χ0v) is 13.0. The van der Waals surface area contributed by atoms with E-state index in [1.165, 1.54) is 0 Å². The van der Waals surface area contributed by atoms with Crippen LogP contribution in [0.5, 0.6) is 0 Å². The summed E-state index contributed by atoms with van der Waals surface area (Å²) >= 11 is 0. The highest BCUT2D eigenvalue weighted by Crippen LogP contribution is 2.26. The van der Waals surface area contributed by atoms with E-state index >= 15 is 0 Å². The Kier molecular flexibility index (Phi) is 4.76. The van der Waals surface area contributed by atoms with Crippen molar-refractivity contribution in [2.24, 2.45) is 0 Å². The summed E-state index contributed by atoms with van der Waals surface area (Å²) in [5.41, 5.74) is 1.56. The molecule has 0 radical (unpaired) electrons. The average Bonchev–Trinajstić information content (AvgIpc) is 2.26. The number of aliphatic hydroxyl groups excluding tert-OH is 1. The van der Waals surface area contributed by atoms with Gasteiger partial charge in [0, 0.05) is 6.04 Å². The second kappa shape index (κ2) is 5.61. The number of sulfonamides is 1. The number of rotatable bonds is 4. The van der Waals surface area contributed by atoms with Crippen LogP contribution in [-0.2, 0) is 15.4 Å². The topological polar surface area (TPSA) is 66.4 Å². The molecule has 0 amide bonds. The summed E-state index contributed by atoms with van der Waals surface area (Å²) in [6.07, 6.45) is 0. The molecule has 2 N–H and O–H groups in total. The fourth-order valence-corrected chi connectivity index (χ4v) is 3.23. The molecule has 0 aromatic heterocycles. The fourth-order valence-electron chi connectivity index (χ4n) is 1.72. The van der Waals surface area contributed by atoms with Crippen molar-refractivity contribution in [2.75, 3.05) is 6.61 Å². The first-order valence-electron chi connectivity index (χ1n) is 6.32. The molecule has 0 spiro atoms. The van der Waals surface area contributed by atoms with E-state index in [-0.39, 0.29) is 16.9 Å². The SMILES string of the molecule is Cc1ccc(C(C)(C)C)cc1S(=O)(=O)N[C@@H](C)CO. The van der Waals surface area contributed by atoms with Crippen LogP contribution in [0, 0.1) is 6.92 Å². The number of hydrogen-bond donors (Lipinski definition) is 2. The fraction of sp³-hybridized carbons (Fsp3) is 0.571. The molecule has 0 aliphatic carbocycles. The first-order valence-corrected chi connectivity index (χ1v) is 7.80. The van der Waals surface area contributed by atoms with Gasteiger partial charge in [0.15, 0.2) is 0 Å². The lowest BCUT2D eigenvalue weighted by atomic mass is 9.87. The van der Waals surface area contributed by atoms with Gasteiger partial charge < -0.3 is 5.11 Å². The number of benzene rings is 1. The second-order valence-electron chi connectivity index (χ2n) is 5.94. The van der Waals surface area contributed by atoms with Gasteiger partial charge in [0.05, 0.1) is 11.5 Å². The third-order valence-electron chi connectivity index (χ3n) is 2.97. The summed E-state index contributed by atoms with van der Waals surface area (Å²) in [4.78, 5) is 0.278. The zero-order valence-electron chi connectivity index (χ0n) is 12.2. The standard InChI is InChI=1S/C14H23NO3S/c1-10-6-7-12(14(3,4)5)8-13(10)19(17,18)15-11(2)9-16/h6-8,11,15-16H,9H2,1-5H3/t11-/m0/s1. The molecule has 0 saturated heterocycles. The molecule has 1 rings (SSSR count). The van der Waals surface area contributed by atoms with Crippen LogP contribution in [-0.4, -0.2) is 26.2 Å². The Bertz CT molecular complexity index is 544. The molecular weight excluding hydrogens is 262 g/mol. The summed E-state index contributed by atoms with van der Waals surface area (Å²) in [5, 5.41) is 8.97. The van der Waals surface area contributed by atoms with Gasteiger partial charge in [-0.3, -0.25) is 0 Å². The van der Waals surface area contributed by atoms with Crippen molar-refractivity contribution in [2.45, 2.75) is 51.0 Å². The van der Waals surface area contributed by atoms with Gasteiger partial charge in [-0.2, -0.15) is 0 Å². The maximum absolute atomic E-state index is 12.3. The van der Waals surface area contributed by atoms with Crippen molar-refractivity contribution in [3.63, 3.8) is 0 Å². The van der Waals surface area contributed by atoms with E-state index in [1.807, 2.05) is 32.9 Å². The van der Waals surface area contributed by atoms with Crippen LogP contribution in [0.4, 0.5) is 0 Å². The molecule has 5 heteroatoms. The van der Waals surface area contributed by atoms with Gasteiger partial charge in [-0.05, 0) is 36.5 Å². The van der Waals surface area contributed by atoms with Gasteiger partial charge in [0.2, 0.25) is 10.0 Å². The van der Waals surface area contributed by atoms with Crippen LogP contribution >= 0.6 is 0 Å². The number of nitrogens with one attached hydrogen (secondary N) is 1. The van der Waals surface area contributed by atoms with Crippen molar-refractivity contribution in [3.8, 4) is 0 Å². The van der Waals surface area contributed by atoms with Gasteiger partial charge in [-0.25, -0.2) is 13.1 Å². The smallest absolute Gasteiger partial charge is 0.241 e. The molecule has 0 aliphatic rings. The van der Waals surface area contributed by atoms with Crippen molar-refractivity contribution in [3.05, 3.63) is 29.3 Å². The maximum atomic E-state index is 12.3. The Morgan fingerprint density at radius 1 is 1.32 bits per heavy atom. The zero-order chi connectivity index (χ0) is 14.8. The lowest BCUT2D eigenvalue weighted by molar-refractivity contribution is 0.265. The third-order valence-corrected chi connectivity index (χ3v) is 4.71. The molecule has 1 aromatic rings. The molecule has 108 valence electrons. The molecule has 0 fully saturated rings. The Labute approximate surface area is 115 Å². The third kappa shape index (κ3) is 4.03. The first kappa shape index (κ1) is 16.1. The quantitative estimate of drug-likeness (QED) is 0.888. The van der Waals surface area contributed by atoms with Crippen LogP contribution < -0.4 is 4.72 Å². The summed E-state index contributed by atoms with van der Waals surface area (Å²) in [6.45, 7) is 9.29. The molecule has 0 bridgehead atoms. The highest BCUT2D eigenvalue weighted by atomic mass is 32.2. The Hall–Kier alpha value is -0.910. The monoisotopic (exact) mass is 285 g/mol. The maximum Gasteiger partial charge on any atom is 0.241 e. The molecule has 1 aromatic carbocycles. The van der Waals surface area contributed by atoms with Crippen LogP contribution in [0.1, 0.15) is 38.8 Å². The van der Waals surface area contributed by atoms with Gasteiger partial charge in [0.25, 0.3) is 0 Å². The molecule has 4 nitrogen and oxygen atoms in total. The van der Waals surface area contributed by atoms with Crippen molar-refractivity contribution >= 4 is 10.0 Å². The normalized spacial score (nSPS) is 14.4. The highest BCUT2D eigenvalue weighted by molar-refractivity contribution is 7.89. The Morgan fingerprint density at radius 2 is 1.89 bits per heavy atom. The van der Waals surface area contributed by atoms with E-state index in [0.717, 1.165) is 5.56 Å². The van der Waals surface area contributed by atoms with Crippen LogP contribution in [0.2, 0.25) is 0 Å². The molecule has 0 unspecified atom stereocenters. The minimum atomic E-state index is -3.60. The van der Waals surface area contributed by atoms with Gasteiger partial charge in [0.1, 0.15) is 0 Å². The van der Waals surface area contributed by atoms with Crippen molar-refractivity contribution in [1.29, 1.82) is 0 Å². The summed E-state index contributed by atoms with van der Waals surface area (Å²) in [5.74, 6) is 0. The minimum absolute atomic E-state index is 0.111. The van der Waals surface area contributed by atoms with E-state index in [1.54, 1.807) is 19.9 Å². The lowest BCUT2D eigenvalue weighted by Crippen LogP contribution is -2.35.